The van der Waals surface area contributed by atoms with Crippen molar-refractivity contribution in [2.45, 2.75) is 24.8 Å². The highest BCUT2D eigenvalue weighted by atomic mass is 35.5. The van der Waals surface area contributed by atoms with Crippen LogP contribution in [0.4, 0.5) is 0 Å². The molecule has 1 fully saturated rings. The Morgan fingerprint density at radius 1 is 1.32 bits per heavy atom. The molecule has 22 heavy (non-hydrogen) atoms. The van der Waals surface area contributed by atoms with Crippen LogP contribution in [0.1, 0.15) is 29.6 Å². The van der Waals surface area contributed by atoms with Crippen molar-refractivity contribution in [1.29, 1.82) is 0 Å². The lowest BCUT2D eigenvalue weighted by Crippen LogP contribution is -2.52. The molecule has 0 unspecified atom stereocenters. The second-order valence-electron chi connectivity index (χ2n) is 5.58. The van der Waals surface area contributed by atoms with Gasteiger partial charge in [-0.1, -0.05) is 11.6 Å². The normalized spacial score (nSPS) is 17.5. The maximum absolute atomic E-state index is 12.7. The largest absolute Gasteiger partial charge is 0.463 e. The van der Waals surface area contributed by atoms with Crippen molar-refractivity contribution in [3.63, 3.8) is 0 Å². The number of hydrogen-bond acceptors (Lipinski definition) is 4. The van der Waals surface area contributed by atoms with Crippen molar-refractivity contribution in [2.75, 3.05) is 19.8 Å². The zero-order valence-electron chi connectivity index (χ0n) is 12.1. The minimum absolute atomic E-state index is 0.0298. The van der Waals surface area contributed by atoms with Crippen LogP contribution in [0.2, 0.25) is 5.02 Å². The van der Waals surface area contributed by atoms with Crippen LogP contribution in [0, 0.1) is 0 Å². The second kappa shape index (κ2) is 6.28. The van der Waals surface area contributed by atoms with E-state index < -0.39 is 5.54 Å². The number of halogens is 1. The number of carbonyl (C=O) groups is 1. The van der Waals surface area contributed by atoms with Crippen molar-refractivity contribution in [3.05, 3.63) is 35.0 Å². The Kier molecular flexibility index (Phi) is 4.38. The first-order valence-electron chi connectivity index (χ1n) is 7.32. The number of nitrogens with one attached hydrogen (secondary N) is 1. The summed E-state index contributed by atoms with van der Waals surface area (Å²) in [5.41, 5.74) is 0.620. The molecule has 0 spiro atoms. The molecule has 0 atom stereocenters. The number of aliphatic hydroxyl groups is 1. The number of aliphatic hydroxyl groups excluding tert-OH is 1. The molecule has 0 radical (unpaired) electrons. The Labute approximate surface area is 133 Å². The van der Waals surface area contributed by atoms with Gasteiger partial charge in [0.1, 0.15) is 0 Å². The van der Waals surface area contributed by atoms with Gasteiger partial charge in [-0.3, -0.25) is 4.79 Å². The first-order valence-corrected chi connectivity index (χ1v) is 7.70. The van der Waals surface area contributed by atoms with Gasteiger partial charge >= 0.3 is 0 Å². The molecule has 2 N–H and O–H groups in total. The van der Waals surface area contributed by atoms with Crippen molar-refractivity contribution >= 4 is 28.5 Å². The van der Waals surface area contributed by atoms with Gasteiger partial charge in [-0.2, -0.15) is 0 Å². The first-order chi connectivity index (χ1) is 10.7. The average Bonchev–Trinajstić information content (AvgIpc) is 2.99. The molecule has 1 aliphatic heterocycles. The van der Waals surface area contributed by atoms with E-state index >= 15 is 0 Å². The van der Waals surface area contributed by atoms with E-state index in [9.17, 15) is 9.90 Å². The molecule has 1 saturated heterocycles. The number of benzene rings is 1. The third-order valence-corrected chi connectivity index (χ3v) is 4.53. The van der Waals surface area contributed by atoms with E-state index in [0.29, 0.717) is 54.0 Å². The minimum atomic E-state index is -0.417. The lowest BCUT2D eigenvalue weighted by Gasteiger charge is -2.37. The molecule has 0 aliphatic carbocycles. The summed E-state index contributed by atoms with van der Waals surface area (Å²) < 4.78 is 10.7. The molecule has 3 rings (SSSR count). The van der Waals surface area contributed by atoms with E-state index in [-0.39, 0.29) is 12.5 Å². The van der Waals surface area contributed by atoms with Crippen LogP contribution in [0.15, 0.2) is 28.9 Å². The van der Waals surface area contributed by atoms with E-state index in [2.05, 4.69) is 5.32 Å². The standard InChI is InChI=1S/C16H18ClNO4/c17-13-2-1-12(11-3-8-22-14(11)13)15(20)18-16(4-7-19)5-9-21-10-6-16/h1-3,8,19H,4-7,9-10H2,(H,18,20). The number of carbonyl (C=O) groups excluding carboxylic acids is 1. The van der Waals surface area contributed by atoms with Gasteiger partial charge in [-0.25, -0.2) is 0 Å². The highest BCUT2D eigenvalue weighted by Gasteiger charge is 2.34. The highest BCUT2D eigenvalue weighted by Crippen LogP contribution is 2.29. The summed E-state index contributed by atoms with van der Waals surface area (Å²) in [5, 5.41) is 13.6. The van der Waals surface area contributed by atoms with Gasteiger partial charge in [0.25, 0.3) is 5.91 Å². The third-order valence-electron chi connectivity index (χ3n) is 4.23. The molecule has 1 aromatic heterocycles. The molecule has 1 amide bonds. The van der Waals surface area contributed by atoms with Gasteiger partial charge in [-0.05, 0) is 37.5 Å². The van der Waals surface area contributed by atoms with Gasteiger partial charge in [-0.15, -0.1) is 0 Å². The van der Waals surface area contributed by atoms with E-state index in [1.807, 2.05) is 0 Å². The monoisotopic (exact) mass is 323 g/mol. The second-order valence-corrected chi connectivity index (χ2v) is 5.99. The van der Waals surface area contributed by atoms with Crippen LogP contribution < -0.4 is 5.32 Å². The van der Waals surface area contributed by atoms with Crippen LogP contribution in [-0.2, 0) is 4.74 Å². The lowest BCUT2D eigenvalue weighted by atomic mass is 9.86. The Bertz CT molecular complexity index is 670. The van der Waals surface area contributed by atoms with Gasteiger partial charge in [0.2, 0.25) is 0 Å². The van der Waals surface area contributed by atoms with Crippen molar-refractivity contribution in [2.24, 2.45) is 0 Å². The summed E-state index contributed by atoms with van der Waals surface area (Å²) in [6.07, 6.45) is 3.43. The number of hydrogen-bond donors (Lipinski definition) is 2. The molecular weight excluding hydrogens is 306 g/mol. The van der Waals surface area contributed by atoms with Crippen molar-refractivity contribution in [3.8, 4) is 0 Å². The Balaban J connectivity index is 1.89. The van der Waals surface area contributed by atoms with E-state index in [0.717, 1.165) is 0 Å². The Hall–Kier alpha value is -1.56. The molecule has 2 heterocycles. The number of furan rings is 1. The van der Waals surface area contributed by atoms with Crippen LogP contribution in [0.5, 0.6) is 0 Å². The molecule has 118 valence electrons. The summed E-state index contributed by atoms with van der Waals surface area (Å²) >= 11 is 6.07. The minimum Gasteiger partial charge on any atom is -0.463 e. The number of fused-ring (bicyclic) bond motifs is 1. The fourth-order valence-corrected chi connectivity index (χ4v) is 3.16. The van der Waals surface area contributed by atoms with Crippen LogP contribution in [0.3, 0.4) is 0 Å². The van der Waals surface area contributed by atoms with Crippen LogP contribution in [-0.4, -0.2) is 36.4 Å². The Morgan fingerprint density at radius 2 is 2.09 bits per heavy atom. The molecule has 0 bridgehead atoms. The van der Waals surface area contributed by atoms with Gasteiger partial charge in [0, 0.05) is 30.7 Å². The zero-order valence-corrected chi connectivity index (χ0v) is 12.9. The van der Waals surface area contributed by atoms with Gasteiger partial charge in [0.15, 0.2) is 5.58 Å². The molecular formula is C16H18ClNO4. The summed E-state index contributed by atoms with van der Waals surface area (Å²) in [4.78, 5) is 12.7. The first kappa shape index (κ1) is 15.3. The van der Waals surface area contributed by atoms with Crippen molar-refractivity contribution < 1.29 is 19.1 Å². The zero-order chi connectivity index (χ0) is 15.6. The van der Waals surface area contributed by atoms with E-state index in [1.165, 1.54) is 6.26 Å². The smallest absolute Gasteiger partial charge is 0.252 e. The van der Waals surface area contributed by atoms with Crippen LogP contribution in [0.25, 0.3) is 11.0 Å². The Morgan fingerprint density at radius 3 is 2.82 bits per heavy atom. The molecule has 5 nitrogen and oxygen atoms in total. The SMILES string of the molecule is O=C(NC1(CCO)CCOCC1)c1ccc(Cl)c2occc12. The van der Waals surface area contributed by atoms with Gasteiger partial charge in [0.05, 0.1) is 16.8 Å². The maximum Gasteiger partial charge on any atom is 0.252 e. The highest BCUT2D eigenvalue weighted by molar-refractivity contribution is 6.35. The summed E-state index contributed by atoms with van der Waals surface area (Å²) in [6, 6.07) is 5.09. The molecule has 0 saturated carbocycles. The third kappa shape index (κ3) is 2.84. The van der Waals surface area contributed by atoms with Gasteiger partial charge < -0.3 is 19.6 Å². The fraction of sp³-hybridized carbons (Fsp3) is 0.438. The lowest BCUT2D eigenvalue weighted by molar-refractivity contribution is 0.0267. The quantitative estimate of drug-likeness (QED) is 0.907. The topological polar surface area (TPSA) is 71.7 Å². The predicted molar refractivity (Wildman–Crippen MR) is 83.2 cm³/mol. The fourth-order valence-electron chi connectivity index (χ4n) is 2.95. The van der Waals surface area contributed by atoms with Crippen LogP contribution >= 0.6 is 11.6 Å². The maximum atomic E-state index is 12.7. The number of rotatable bonds is 4. The average molecular weight is 324 g/mol. The summed E-state index contributed by atoms with van der Waals surface area (Å²) in [7, 11) is 0. The van der Waals surface area contributed by atoms with E-state index in [1.54, 1.807) is 18.2 Å². The summed E-state index contributed by atoms with van der Waals surface area (Å²) in [5.74, 6) is -0.182. The molecule has 6 heteroatoms. The summed E-state index contributed by atoms with van der Waals surface area (Å²) in [6.45, 7) is 1.20. The molecule has 1 aliphatic rings. The van der Waals surface area contributed by atoms with E-state index in [4.69, 9.17) is 20.8 Å². The number of ether oxygens (including phenoxy) is 1. The number of amides is 1. The predicted octanol–water partition coefficient (Wildman–Crippen LogP) is 2.75. The molecule has 1 aromatic carbocycles. The van der Waals surface area contributed by atoms with Crippen molar-refractivity contribution in [1.82, 2.24) is 5.32 Å². The molecule has 2 aromatic rings.